The second-order valence-corrected chi connectivity index (χ2v) is 8.43. The maximum Gasteiger partial charge on any atom is 0.241 e. The second-order valence-electron chi connectivity index (χ2n) is 6.70. The monoisotopic (exact) mass is 382 g/mol. The zero-order valence-electron chi connectivity index (χ0n) is 15.0. The SMILES string of the molecule is O=S(=O)(NCc1ccnc(N2CCCCC2)n1)c1cccc2ccccc12. The molecule has 27 heavy (non-hydrogen) atoms. The largest absolute Gasteiger partial charge is 0.341 e. The Bertz CT molecular complexity index is 1040. The van der Waals surface area contributed by atoms with Crippen molar-refractivity contribution in [2.24, 2.45) is 0 Å². The summed E-state index contributed by atoms with van der Waals surface area (Å²) < 4.78 is 28.4. The first-order valence-electron chi connectivity index (χ1n) is 9.18. The molecule has 140 valence electrons. The normalized spacial score (nSPS) is 15.2. The molecule has 2 aromatic carbocycles. The molecule has 1 aliphatic heterocycles. The van der Waals surface area contributed by atoms with Crippen molar-refractivity contribution in [3.8, 4) is 0 Å². The van der Waals surface area contributed by atoms with E-state index in [1.807, 2.05) is 30.3 Å². The number of sulfonamides is 1. The molecule has 0 unspecified atom stereocenters. The van der Waals surface area contributed by atoms with E-state index in [4.69, 9.17) is 0 Å². The van der Waals surface area contributed by atoms with Gasteiger partial charge in [0.05, 0.1) is 17.1 Å². The Morgan fingerprint density at radius 2 is 1.74 bits per heavy atom. The van der Waals surface area contributed by atoms with Crippen molar-refractivity contribution in [3.63, 3.8) is 0 Å². The number of hydrogen-bond acceptors (Lipinski definition) is 5. The van der Waals surface area contributed by atoms with Crippen LogP contribution in [-0.4, -0.2) is 31.5 Å². The van der Waals surface area contributed by atoms with Gasteiger partial charge in [-0.15, -0.1) is 0 Å². The molecule has 0 radical (unpaired) electrons. The molecule has 1 fully saturated rings. The highest BCUT2D eigenvalue weighted by atomic mass is 32.2. The number of benzene rings is 2. The van der Waals surface area contributed by atoms with Crippen LogP contribution in [0.1, 0.15) is 25.0 Å². The van der Waals surface area contributed by atoms with Gasteiger partial charge in [-0.25, -0.2) is 23.1 Å². The van der Waals surface area contributed by atoms with Crippen molar-refractivity contribution in [3.05, 3.63) is 60.4 Å². The Labute approximate surface area is 159 Å². The average molecular weight is 382 g/mol. The summed E-state index contributed by atoms with van der Waals surface area (Å²) in [6.07, 6.45) is 5.21. The topological polar surface area (TPSA) is 75.2 Å². The maximum absolute atomic E-state index is 12.8. The number of aromatic nitrogens is 2. The van der Waals surface area contributed by atoms with Crippen molar-refractivity contribution in [2.75, 3.05) is 18.0 Å². The number of fused-ring (bicyclic) bond motifs is 1. The molecule has 7 heteroatoms. The Morgan fingerprint density at radius 1 is 0.963 bits per heavy atom. The number of anilines is 1. The van der Waals surface area contributed by atoms with Gasteiger partial charge in [-0.1, -0.05) is 36.4 Å². The molecule has 1 N–H and O–H groups in total. The van der Waals surface area contributed by atoms with Gasteiger partial charge in [-0.2, -0.15) is 0 Å². The lowest BCUT2D eigenvalue weighted by molar-refractivity contribution is 0.566. The van der Waals surface area contributed by atoms with Gasteiger partial charge in [-0.3, -0.25) is 0 Å². The molecule has 6 nitrogen and oxygen atoms in total. The number of nitrogens with one attached hydrogen (secondary N) is 1. The standard InChI is InChI=1S/C20H22N4O2S/c25-27(26,19-10-6-8-16-7-2-3-9-18(16)19)22-15-17-11-12-21-20(23-17)24-13-4-1-5-14-24/h2-3,6-12,22H,1,4-5,13-15H2. The number of rotatable bonds is 5. The highest BCUT2D eigenvalue weighted by Gasteiger charge is 2.18. The number of nitrogens with zero attached hydrogens (tertiary/aromatic N) is 3. The minimum absolute atomic E-state index is 0.134. The Balaban J connectivity index is 1.54. The van der Waals surface area contributed by atoms with E-state index in [1.54, 1.807) is 24.4 Å². The minimum Gasteiger partial charge on any atom is -0.341 e. The fourth-order valence-corrected chi connectivity index (χ4v) is 4.63. The zero-order chi connectivity index (χ0) is 18.7. The first-order valence-corrected chi connectivity index (χ1v) is 10.7. The van der Waals surface area contributed by atoms with Gasteiger partial charge < -0.3 is 4.90 Å². The van der Waals surface area contributed by atoms with Crippen molar-refractivity contribution in [1.82, 2.24) is 14.7 Å². The lowest BCUT2D eigenvalue weighted by atomic mass is 10.1. The molecule has 0 aliphatic carbocycles. The fourth-order valence-electron chi connectivity index (χ4n) is 3.41. The van der Waals surface area contributed by atoms with Crippen LogP contribution in [0.2, 0.25) is 0 Å². The molecular formula is C20H22N4O2S. The Hall–Kier alpha value is -2.51. The summed E-state index contributed by atoms with van der Waals surface area (Å²) in [5.74, 6) is 0.677. The molecule has 0 amide bonds. The molecule has 0 saturated carbocycles. The van der Waals surface area contributed by atoms with Gasteiger partial charge in [0.25, 0.3) is 0 Å². The summed E-state index contributed by atoms with van der Waals surface area (Å²) in [4.78, 5) is 11.3. The molecule has 1 aromatic heterocycles. The quantitative estimate of drug-likeness (QED) is 0.734. The van der Waals surface area contributed by atoms with Crippen LogP contribution in [-0.2, 0) is 16.6 Å². The van der Waals surface area contributed by atoms with E-state index in [-0.39, 0.29) is 11.4 Å². The van der Waals surface area contributed by atoms with Crippen LogP contribution in [0.4, 0.5) is 5.95 Å². The van der Waals surface area contributed by atoms with Crippen LogP contribution < -0.4 is 9.62 Å². The summed E-state index contributed by atoms with van der Waals surface area (Å²) >= 11 is 0. The number of hydrogen-bond donors (Lipinski definition) is 1. The zero-order valence-corrected chi connectivity index (χ0v) is 15.8. The lowest BCUT2D eigenvalue weighted by Gasteiger charge is -2.26. The predicted molar refractivity (Wildman–Crippen MR) is 106 cm³/mol. The molecule has 2 heterocycles. The fraction of sp³-hybridized carbons (Fsp3) is 0.300. The molecule has 0 bridgehead atoms. The van der Waals surface area contributed by atoms with E-state index < -0.39 is 10.0 Å². The predicted octanol–water partition coefficient (Wildman–Crippen LogP) is 3.10. The van der Waals surface area contributed by atoms with E-state index >= 15 is 0 Å². The Morgan fingerprint density at radius 3 is 2.59 bits per heavy atom. The summed E-state index contributed by atoms with van der Waals surface area (Å²) in [5, 5.41) is 1.61. The van der Waals surface area contributed by atoms with Gasteiger partial charge in [0.1, 0.15) is 0 Å². The third-order valence-electron chi connectivity index (χ3n) is 4.82. The van der Waals surface area contributed by atoms with Gasteiger partial charge in [0.2, 0.25) is 16.0 Å². The van der Waals surface area contributed by atoms with Gasteiger partial charge in [0, 0.05) is 24.7 Å². The minimum atomic E-state index is -3.65. The van der Waals surface area contributed by atoms with Crippen molar-refractivity contribution >= 4 is 26.7 Å². The highest BCUT2D eigenvalue weighted by Crippen LogP contribution is 2.23. The Kier molecular flexibility index (Phi) is 5.05. The van der Waals surface area contributed by atoms with Crippen LogP contribution in [0.25, 0.3) is 10.8 Å². The third kappa shape index (κ3) is 3.94. The smallest absolute Gasteiger partial charge is 0.241 e. The lowest BCUT2D eigenvalue weighted by Crippen LogP contribution is -2.31. The molecule has 4 rings (SSSR count). The van der Waals surface area contributed by atoms with Crippen molar-refractivity contribution in [1.29, 1.82) is 0 Å². The van der Waals surface area contributed by atoms with Crippen LogP contribution in [0.3, 0.4) is 0 Å². The molecule has 0 atom stereocenters. The van der Waals surface area contributed by atoms with Gasteiger partial charge in [-0.05, 0) is 36.8 Å². The van der Waals surface area contributed by atoms with Crippen LogP contribution in [0, 0.1) is 0 Å². The first kappa shape index (κ1) is 17.9. The summed E-state index contributed by atoms with van der Waals surface area (Å²) in [5.41, 5.74) is 0.661. The first-order chi connectivity index (χ1) is 13.1. The molecule has 1 saturated heterocycles. The van der Waals surface area contributed by atoms with E-state index in [0.29, 0.717) is 17.0 Å². The molecule has 1 aliphatic rings. The number of piperidine rings is 1. The molecule has 3 aromatic rings. The van der Waals surface area contributed by atoms with E-state index in [1.165, 1.54) is 6.42 Å². The third-order valence-corrected chi connectivity index (χ3v) is 6.28. The molecular weight excluding hydrogens is 360 g/mol. The van der Waals surface area contributed by atoms with E-state index in [0.717, 1.165) is 31.3 Å². The summed E-state index contributed by atoms with van der Waals surface area (Å²) in [7, 11) is -3.65. The van der Waals surface area contributed by atoms with Crippen LogP contribution in [0.15, 0.2) is 59.6 Å². The maximum atomic E-state index is 12.8. The second kappa shape index (κ2) is 7.62. The van der Waals surface area contributed by atoms with Crippen LogP contribution >= 0.6 is 0 Å². The van der Waals surface area contributed by atoms with Crippen LogP contribution in [0.5, 0.6) is 0 Å². The highest BCUT2D eigenvalue weighted by molar-refractivity contribution is 7.89. The average Bonchev–Trinajstić information content (AvgIpc) is 2.73. The molecule has 0 spiro atoms. The van der Waals surface area contributed by atoms with E-state index in [2.05, 4.69) is 19.6 Å². The van der Waals surface area contributed by atoms with Gasteiger partial charge >= 0.3 is 0 Å². The van der Waals surface area contributed by atoms with Crippen molar-refractivity contribution in [2.45, 2.75) is 30.7 Å². The van der Waals surface area contributed by atoms with Crippen molar-refractivity contribution < 1.29 is 8.42 Å². The van der Waals surface area contributed by atoms with E-state index in [9.17, 15) is 8.42 Å². The van der Waals surface area contributed by atoms with Gasteiger partial charge in [0.15, 0.2) is 0 Å². The summed E-state index contributed by atoms with van der Waals surface area (Å²) in [6, 6.07) is 14.5. The summed E-state index contributed by atoms with van der Waals surface area (Å²) in [6.45, 7) is 2.03.